The van der Waals surface area contributed by atoms with E-state index < -0.39 is 0 Å². The van der Waals surface area contributed by atoms with E-state index in [0.29, 0.717) is 0 Å². The highest BCUT2D eigenvalue weighted by molar-refractivity contribution is 6.12. The van der Waals surface area contributed by atoms with E-state index in [2.05, 4.69) is 175 Å². The molecular weight excluding hydrogens is 569 g/mol. The van der Waals surface area contributed by atoms with Crippen molar-refractivity contribution < 1.29 is 0 Å². The highest BCUT2D eigenvalue weighted by Gasteiger charge is 2.36. The Kier molecular flexibility index (Phi) is 5.29. The summed E-state index contributed by atoms with van der Waals surface area (Å²) in [5.41, 5.74) is 14.7. The zero-order chi connectivity index (χ0) is 31.3. The van der Waals surface area contributed by atoms with Crippen LogP contribution in [0.4, 0.5) is 0 Å². The second-order valence-corrected chi connectivity index (χ2v) is 13.3. The molecule has 10 rings (SSSR count). The largest absolute Gasteiger partial charge is 0.309 e. The molecule has 220 valence electrons. The first-order valence-electron chi connectivity index (χ1n) is 16.3. The molecule has 0 spiro atoms. The van der Waals surface area contributed by atoms with Gasteiger partial charge in [0.2, 0.25) is 0 Å². The highest BCUT2D eigenvalue weighted by atomic mass is 15.0. The molecule has 0 bridgehead atoms. The lowest BCUT2D eigenvalue weighted by Gasteiger charge is -2.21. The van der Waals surface area contributed by atoms with E-state index in [0.717, 1.165) is 0 Å². The summed E-state index contributed by atoms with van der Waals surface area (Å²) < 4.78 is 4.80. The van der Waals surface area contributed by atoms with E-state index >= 15 is 0 Å². The van der Waals surface area contributed by atoms with Crippen molar-refractivity contribution in [2.24, 2.45) is 0 Å². The third-order valence-corrected chi connectivity index (χ3v) is 10.3. The third-order valence-electron chi connectivity index (χ3n) is 10.3. The summed E-state index contributed by atoms with van der Waals surface area (Å²) in [4.78, 5) is 0. The van der Waals surface area contributed by atoms with Gasteiger partial charge in [0.05, 0.1) is 22.1 Å². The Morgan fingerprint density at radius 1 is 0.468 bits per heavy atom. The van der Waals surface area contributed by atoms with Crippen molar-refractivity contribution in [2.75, 3.05) is 0 Å². The molecule has 2 heteroatoms. The maximum Gasteiger partial charge on any atom is 0.0541 e. The summed E-state index contributed by atoms with van der Waals surface area (Å²) in [6, 6.07) is 59.8. The minimum absolute atomic E-state index is 0.132. The van der Waals surface area contributed by atoms with Crippen molar-refractivity contribution in [1.29, 1.82) is 0 Å². The molecule has 0 aliphatic heterocycles. The molecule has 2 nitrogen and oxygen atoms in total. The van der Waals surface area contributed by atoms with Gasteiger partial charge in [0.15, 0.2) is 0 Å². The number of hydrogen-bond acceptors (Lipinski definition) is 0. The molecule has 2 aromatic heterocycles. The molecule has 0 saturated heterocycles. The Balaban J connectivity index is 1.15. The van der Waals surface area contributed by atoms with Gasteiger partial charge in [0, 0.05) is 43.9 Å². The summed E-state index contributed by atoms with van der Waals surface area (Å²) in [5.74, 6) is 0. The van der Waals surface area contributed by atoms with E-state index in [9.17, 15) is 0 Å². The molecule has 0 amide bonds. The summed E-state index contributed by atoms with van der Waals surface area (Å²) >= 11 is 0. The quantitative estimate of drug-likeness (QED) is 0.191. The summed E-state index contributed by atoms with van der Waals surface area (Å²) in [6.07, 6.45) is 0. The van der Waals surface area contributed by atoms with Crippen LogP contribution in [0.2, 0.25) is 0 Å². The van der Waals surface area contributed by atoms with Crippen molar-refractivity contribution in [2.45, 2.75) is 19.3 Å². The maximum atomic E-state index is 3.42. The molecule has 0 fully saturated rings. The van der Waals surface area contributed by atoms with Crippen LogP contribution in [0.3, 0.4) is 0 Å². The maximum absolute atomic E-state index is 3.42. The second kappa shape index (κ2) is 9.49. The number of hydrogen-bond donors (Lipinski definition) is 0. The first-order chi connectivity index (χ1) is 23.1. The van der Waals surface area contributed by atoms with Crippen molar-refractivity contribution in [3.8, 4) is 33.6 Å². The van der Waals surface area contributed by atoms with Crippen molar-refractivity contribution in [3.63, 3.8) is 0 Å². The molecule has 47 heavy (non-hydrogen) atoms. The van der Waals surface area contributed by atoms with Crippen LogP contribution in [0.5, 0.6) is 0 Å². The predicted octanol–water partition coefficient (Wildman–Crippen LogP) is 11.5. The molecule has 0 unspecified atom stereocenters. The van der Waals surface area contributed by atoms with E-state index in [1.54, 1.807) is 0 Å². The number of aromatic nitrogens is 2. The van der Waals surface area contributed by atoms with Gasteiger partial charge in [-0.1, -0.05) is 98.8 Å². The second-order valence-electron chi connectivity index (χ2n) is 13.3. The fraction of sp³-hybridized carbons (Fsp3) is 0.0667. The molecule has 1 aliphatic carbocycles. The number of nitrogens with zero attached hydrogens (tertiary/aromatic N) is 2. The van der Waals surface area contributed by atoms with Gasteiger partial charge >= 0.3 is 0 Å². The van der Waals surface area contributed by atoms with E-state index in [1.165, 1.54) is 88.4 Å². The van der Waals surface area contributed by atoms with Gasteiger partial charge in [-0.3, -0.25) is 0 Å². The van der Waals surface area contributed by atoms with Crippen LogP contribution in [-0.2, 0) is 5.41 Å². The van der Waals surface area contributed by atoms with Gasteiger partial charge in [-0.15, -0.1) is 0 Å². The Morgan fingerprint density at radius 3 is 1.70 bits per heavy atom. The lowest BCUT2D eigenvalue weighted by atomic mass is 9.83. The van der Waals surface area contributed by atoms with Crippen molar-refractivity contribution in [3.05, 3.63) is 169 Å². The van der Waals surface area contributed by atoms with Crippen LogP contribution in [0.1, 0.15) is 25.0 Å². The summed E-state index contributed by atoms with van der Waals surface area (Å²) in [7, 11) is 0. The Morgan fingerprint density at radius 2 is 1.04 bits per heavy atom. The summed E-state index contributed by atoms with van der Waals surface area (Å²) in [5, 5.41) is 5.05. The first kappa shape index (κ1) is 26.2. The SMILES string of the molecule is CC1(C)c2c#cccc2-c2ccc(-n3c4ccccc4c4cc(-c5ccc6c(c5)c5ccccc5n6-c5ccccc5)ccc43)cc21. The molecule has 2 heterocycles. The zero-order valence-electron chi connectivity index (χ0n) is 26.3. The lowest BCUT2D eigenvalue weighted by molar-refractivity contribution is 0.660. The van der Waals surface area contributed by atoms with E-state index in [4.69, 9.17) is 0 Å². The average Bonchev–Trinajstić information content (AvgIpc) is 3.71. The van der Waals surface area contributed by atoms with E-state index in [1.807, 2.05) is 6.07 Å². The minimum atomic E-state index is -0.132. The standard InChI is InChI=1S/C45H30N2/c1-45(2)39-17-9-6-14-33(39)34-23-22-32(28-40(34)45)47-42-19-11-8-16-36(42)38-27-30(21-25-44(38)47)29-20-24-43-37(26-29)35-15-7-10-18-41(35)46(43)31-12-4-3-5-13-31/h3-8,10-16,18-28H,1-2H3. The summed E-state index contributed by atoms with van der Waals surface area (Å²) in [6.45, 7) is 4.61. The lowest BCUT2D eigenvalue weighted by Crippen LogP contribution is -2.15. The smallest absolute Gasteiger partial charge is 0.0541 e. The monoisotopic (exact) mass is 598 g/mol. The van der Waals surface area contributed by atoms with Gasteiger partial charge in [0.25, 0.3) is 0 Å². The number of para-hydroxylation sites is 3. The third kappa shape index (κ3) is 3.63. The molecule has 0 saturated carbocycles. The first-order valence-corrected chi connectivity index (χ1v) is 16.3. The highest BCUT2D eigenvalue weighted by Crippen LogP contribution is 2.49. The fourth-order valence-corrected chi connectivity index (χ4v) is 8.10. The average molecular weight is 599 g/mol. The molecule has 7 aromatic carbocycles. The molecule has 0 atom stereocenters. The normalized spacial score (nSPS) is 13.3. The van der Waals surface area contributed by atoms with Gasteiger partial charge in [-0.05, 0) is 101 Å². The number of benzene rings is 6. The van der Waals surface area contributed by atoms with Gasteiger partial charge in [-0.25, -0.2) is 0 Å². The van der Waals surface area contributed by atoms with Gasteiger partial charge in [0.1, 0.15) is 0 Å². The molecule has 9 aromatic rings. The van der Waals surface area contributed by atoms with Gasteiger partial charge < -0.3 is 9.13 Å². The van der Waals surface area contributed by atoms with Crippen LogP contribution in [0.15, 0.2) is 146 Å². The molecular formula is C45H30N2. The molecule has 1 aliphatic rings. The fourth-order valence-electron chi connectivity index (χ4n) is 8.10. The molecule has 0 radical (unpaired) electrons. The van der Waals surface area contributed by atoms with Crippen LogP contribution in [-0.4, -0.2) is 9.13 Å². The Hall–Kier alpha value is -6.04. The van der Waals surface area contributed by atoms with Crippen LogP contribution in [0.25, 0.3) is 77.2 Å². The number of fused-ring (bicyclic) bond motifs is 9. The van der Waals surface area contributed by atoms with Crippen molar-refractivity contribution >= 4 is 43.6 Å². The van der Waals surface area contributed by atoms with Crippen LogP contribution >= 0.6 is 0 Å². The minimum Gasteiger partial charge on any atom is -0.309 e. The van der Waals surface area contributed by atoms with Gasteiger partial charge in [-0.2, -0.15) is 0 Å². The zero-order valence-corrected chi connectivity index (χ0v) is 26.3. The van der Waals surface area contributed by atoms with E-state index in [-0.39, 0.29) is 5.41 Å². The Bertz CT molecular complexity index is 2700. The predicted molar refractivity (Wildman–Crippen MR) is 196 cm³/mol. The van der Waals surface area contributed by atoms with Crippen LogP contribution in [0, 0.1) is 12.1 Å². The van der Waals surface area contributed by atoms with Crippen molar-refractivity contribution in [1.82, 2.24) is 9.13 Å². The molecule has 0 N–H and O–H groups in total. The number of rotatable bonds is 3. The Labute approximate surface area is 273 Å². The van der Waals surface area contributed by atoms with Crippen LogP contribution < -0.4 is 0 Å². The topological polar surface area (TPSA) is 9.86 Å².